The minimum atomic E-state index is -0.474. The molecule has 8 heteroatoms. The van der Waals surface area contributed by atoms with Crippen LogP contribution in [0.25, 0.3) is 0 Å². The van der Waals surface area contributed by atoms with Crippen LogP contribution in [0.15, 0.2) is 6.07 Å². The molecule has 0 saturated carbocycles. The van der Waals surface area contributed by atoms with Gasteiger partial charge in [-0.15, -0.1) is 0 Å². The van der Waals surface area contributed by atoms with Crippen molar-refractivity contribution in [1.82, 2.24) is 19.8 Å². The molecular formula is C16H23N5O3. The summed E-state index contributed by atoms with van der Waals surface area (Å²) in [5, 5.41) is 0. The Bertz CT molecular complexity index is 678. The van der Waals surface area contributed by atoms with Crippen molar-refractivity contribution < 1.29 is 14.3 Å². The lowest BCUT2D eigenvalue weighted by atomic mass is 10.0. The Balaban J connectivity index is 1.77. The van der Waals surface area contributed by atoms with Crippen molar-refractivity contribution in [1.29, 1.82) is 0 Å². The summed E-state index contributed by atoms with van der Waals surface area (Å²) in [6.07, 6.45) is 0.702. The van der Waals surface area contributed by atoms with Gasteiger partial charge in [0.05, 0.1) is 13.1 Å². The number of likely N-dealkylation sites (N-methyl/N-ethyl adjacent to an activating group) is 1. The number of rotatable bonds is 2. The first-order valence-electron chi connectivity index (χ1n) is 8.11. The van der Waals surface area contributed by atoms with Gasteiger partial charge in [-0.3, -0.25) is 9.59 Å². The standard InChI is InChI=1S/C16H23N5O3/c1-10(2)11-6-12(19-15(17)18-11)14(23)21-5-4-16(9-21)8-20(3)13(22)7-24-16/h6,10H,4-5,7-9H2,1-3H3,(H2,17,18,19)/t16-/m1/s1. The minimum Gasteiger partial charge on any atom is -0.368 e. The molecular weight excluding hydrogens is 310 g/mol. The van der Waals surface area contributed by atoms with Gasteiger partial charge < -0.3 is 20.3 Å². The summed E-state index contributed by atoms with van der Waals surface area (Å²) in [5.74, 6) is 0.0624. The SMILES string of the molecule is CC(C)c1cc(C(=O)N2CC[C@@]3(CN(C)C(=O)CO3)C2)nc(N)n1. The monoisotopic (exact) mass is 333 g/mol. The van der Waals surface area contributed by atoms with Gasteiger partial charge in [0.25, 0.3) is 5.91 Å². The van der Waals surface area contributed by atoms with Gasteiger partial charge in [-0.2, -0.15) is 0 Å². The summed E-state index contributed by atoms with van der Waals surface area (Å²) < 4.78 is 5.77. The van der Waals surface area contributed by atoms with Gasteiger partial charge in [-0.1, -0.05) is 13.8 Å². The molecule has 3 heterocycles. The molecule has 2 saturated heterocycles. The van der Waals surface area contributed by atoms with E-state index >= 15 is 0 Å². The number of amides is 2. The smallest absolute Gasteiger partial charge is 0.272 e. The second-order valence-corrected chi connectivity index (χ2v) is 6.89. The number of nitrogens with two attached hydrogens (primary N) is 1. The third kappa shape index (κ3) is 3.06. The van der Waals surface area contributed by atoms with Crippen LogP contribution in [-0.4, -0.2) is 70.5 Å². The Morgan fingerprint density at radius 1 is 1.38 bits per heavy atom. The van der Waals surface area contributed by atoms with Crippen molar-refractivity contribution in [2.75, 3.05) is 39.0 Å². The zero-order valence-corrected chi connectivity index (χ0v) is 14.3. The molecule has 2 N–H and O–H groups in total. The molecule has 0 radical (unpaired) electrons. The topological polar surface area (TPSA) is 102 Å². The molecule has 2 aliphatic rings. The molecule has 8 nitrogen and oxygen atoms in total. The fourth-order valence-corrected chi connectivity index (χ4v) is 3.21. The number of hydrogen-bond donors (Lipinski definition) is 1. The largest absolute Gasteiger partial charge is 0.368 e. The number of anilines is 1. The van der Waals surface area contributed by atoms with E-state index in [1.54, 1.807) is 22.9 Å². The van der Waals surface area contributed by atoms with Crippen molar-refractivity contribution >= 4 is 17.8 Å². The molecule has 1 aromatic heterocycles. The van der Waals surface area contributed by atoms with E-state index in [1.165, 1.54) is 0 Å². The van der Waals surface area contributed by atoms with Crippen LogP contribution in [0.1, 0.15) is 42.4 Å². The maximum absolute atomic E-state index is 12.8. The molecule has 0 unspecified atom stereocenters. The van der Waals surface area contributed by atoms with Crippen LogP contribution in [0, 0.1) is 0 Å². The molecule has 2 fully saturated rings. The van der Waals surface area contributed by atoms with Crippen LogP contribution in [0.2, 0.25) is 0 Å². The van der Waals surface area contributed by atoms with E-state index < -0.39 is 5.60 Å². The molecule has 1 atom stereocenters. The lowest BCUT2D eigenvalue weighted by molar-refractivity contribution is -0.158. The van der Waals surface area contributed by atoms with E-state index in [4.69, 9.17) is 10.5 Å². The van der Waals surface area contributed by atoms with Crippen LogP contribution in [0.3, 0.4) is 0 Å². The molecule has 3 rings (SSSR count). The van der Waals surface area contributed by atoms with E-state index in [-0.39, 0.29) is 30.3 Å². The molecule has 2 amide bonds. The Morgan fingerprint density at radius 2 is 2.12 bits per heavy atom. The predicted molar refractivity (Wildman–Crippen MR) is 87.4 cm³/mol. The maximum atomic E-state index is 12.8. The van der Waals surface area contributed by atoms with E-state index in [1.807, 2.05) is 13.8 Å². The Hall–Kier alpha value is -2.22. The zero-order valence-electron chi connectivity index (χ0n) is 14.3. The number of carbonyl (C=O) groups excluding carboxylic acids is 2. The highest BCUT2D eigenvalue weighted by Gasteiger charge is 2.45. The van der Waals surface area contributed by atoms with E-state index in [9.17, 15) is 9.59 Å². The predicted octanol–water partition coefficient (Wildman–Crippen LogP) is 0.256. The van der Waals surface area contributed by atoms with Gasteiger partial charge in [-0.05, 0) is 18.4 Å². The number of aromatic nitrogens is 2. The highest BCUT2D eigenvalue weighted by molar-refractivity contribution is 5.93. The molecule has 2 aliphatic heterocycles. The summed E-state index contributed by atoms with van der Waals surface area (Å²) in [4.78, 5) is 36.0. The minimum absolute atomic E-state index is 0.0319. The number of morpholine rings is 1. The third-order valence-corrected chi connectivity index (χ3v) is 4.63. The van der Waals surface area contributed by atoms with Crippen molar-refractivity contribution in [3.8, 4) is 0 Å². The molecule has 130 valence electrons. The molecule has 1 aromatic rings. The molecule has 1 spiro atoms. The molecule has 0 bridgehead atoms. The van der Waals surface area contributed by atoms with Crippen LogP contribution >= 0.6 is 0 Å². The zero-order chi connectivity index (χ0) is 17.5. The van der Waals surface area contributed by atoms with Crippen molar-refractivity contribution in [3.05, 3.63) is 17.5 Å². The maximum Gasteiger partial charge on any atom is 0.272 e. The average Bonchev–Trinajstić information content (AvgIpc) is 2.94. The first-order valence-corrected chi connectivity index (χ1v) is 8.11. The van der Waals surface area contributed by atoms with E-state index in [2.05, 4.69) is 9.97 Å². The summed E-state index contributed by atoms with van der Waals surface area (Å²) >= 11 is 0. The normalized spacial score (nSPS) is 24.2. The van der Waals surface area contributed by atoms with Crippen LogP contribution in [0.4, 0.5) is 5.95 Å². The highest BCUT2D eigenvalue weighted by Crippen LogP contribution is 2.30. The van der Waals surface area contributed by atoms with Crippen LogP contribution in [-0.2, 0) is 9.53 Å². The molecule has 24 heavy (non-hydrogen) atoms. The lowest BCUT2D eigenvalue weighted by Gasteiger charge is -2.38. The summed E-state index contributed by atoms with van der Waals surface area (Å²) in [6, 6.07) is 1.70. The highest BCUT2D eigenvalue weighted by atomic mass is 16.5. The number of ether oxygens (including phenoxy) is 1. The Labute approximate surface area is 141 Å². The summed E-state index contributed by atoms with van der Waals surface area (Å²) in [6.45, 7) is 5.56. The molecule has 0 aliphatic carbocycles. The summed E-state index contributed by atoms with van der Waals surface area (Å²) in [7, 11) is 1.76. The number of likely N-dealkylation sites (tertiary alicyclic amines) is 1. The Kier molecular flexibility index (Phi) is 4.16. The number of nitrogen functional groups attached to an aromatic ring is 1. The van der Waals surface area contributed by atoms with E-state index in [0.29, 0.717) is 31.7 Å². The number of carbonyl (C=O) groups is 2. The molecule has 0 aromatic carbocycles. The number of hydrogen-bond acceptors (Lipinski definition) is 6. The van der Waals surface area contributed by atoms with Gasteiger partial charge in [0.2, 0.25) is 11.9 Å². The number of nitrogens with zero attached hydrogens (tertiary/aromatic N) is 4. The van der Waals surface area contributed by atoms with Crippen LogP contribution < -0.4 is 5.73 Å². The van der Waals surface area contributed by atoms with Gasteiger partial charge in [-0.25, -0.2) is 9.97 Å². The first kappa shape index (κ1) is 16.6. The van der Waals surface area contributed by atoms with Gasteiger partial charge in [0.1, 0.15) is 17.9 Å². The lowest BCUT2D eigenvalue weighted by Crippen LogP contribution is -2.54. The quantitative estimate of drug-likeness (QED) is 0.833. The van der Waals surface area contributed by atoms with Crippen molar-refractivity contribution in [2.45, 2.75) is 31.8 Å². The third-order valence-electron chi connectivity index (χ3n) is 4.63. The fraction of sp³-hybridized carbons (Fsp3) is 0.625. The van der Waals surface area contributed by atoms with Crippen molar-refractivity contribution in [2.24, 2.45) is 0 Å². The fourth-order valence-electron chi connectivity index (χ4n) is 3.21. The second-order valence-electron chi connectivity index (χ2n) is 6.89. The summed E-state index contributed by atoms with van der Waals surface area (Å²) in [5.41, 5.74) is 6.33. The van der Waals surface area contributed by atoms with Crippen LogP contribution in [0.5, 0.6) is 0 Å². The van der Waals surface area contributed by atoms with E-state index in [0.717, 1.165) is 5.69 Å². The van der Waals surface area contributed by atoms with Gasteiger partial charge >= 0.3 is 0 Å². The first-order chi connectivity index (χ1) is 11.3. The van der Waals surface area contributed by atoms with Gasteiger partial charge in [0.15, 0.2) is 0 Å². The van der Waals surface area contributed by atoms with Crippen molar-refractivity contribution in [3.63, 3.8) is 0 Å². The second kappa shape index (κ2) is 6.01. The van der Waals surface area contributed by atoms with Gasteiger partial charge in [0, 0.05) is 19.3 Å². The Morgan fingerprint density at radius 3 is 2.79 bits per heavy atom. The average molecular weight is 333 g/mol.